The molecule has 0 atom stereocenters. The van der Waals surface area contributed by atoms with Crippen molar-refractivity contribution < 1.29 is 4.79 Å². The van der Waals surface area contributed by atoms with Crippen molar-refractivity contribution in [3.05, 3.63) is 28.5 Å². The maximum absolute atomic E-state index is 11.3. The number of fused-ring (bicyclic) bond motifs is 1. The Morgan fingerprint density at radius 3 is 2.55 bits per heavy atom. The molecule has 0 radical (unpaired) electrons. The minimum atomic E-state index is 0.381. The highest BCUT2D eigenvalue weighted by Gasteiger charge is 2.18. The normalized spacial score (nSPS) is 11.4. The summed E-state index contributed by atoms with van der Waals surface area (Å²) in [7, 11) is 0. The van der Waals surface area contributed by atoms with Crippen molar-refractivity contribution in [2.75, 3.05) is 0 Å². The van der Waals surface area contributed by atoms with Gasteiger partial charge in [0.1, 0.15) is 5.65 Å². The predicted octanol–water partition coefficient (Wildman–Crippen LogP) is 4.95. The zero-order valence-electron chi connectivity index (χ0n) is 12.3. The zero-order chi connectivity index (χ0) is 14.7. The third kappa shape index (κ3) is 2.73. The fraction of sp³-hybridized carbons (Fsp3) is 0.500. The van der Waals surface area contributed by atoms with Crippen molar-refractivity contribution in [1.29, 1.82) is 0 Å². The summed E-state index contributed by atoms with van der Waals surface area (Å²) < 4.78 is 2.14. The van der Waals surface area contributed by atoms with Crippen LogP contribution in [0.3, 0.4) is 0 Å². The van der Waals surface area contributed by atoms with Gasteiger partial charge in [0.05, 0.1) is 5.02 Å². The van der Waals surface area contributed by atoms with Crippen LogP contribution in [0.2, 0.25) is 5.02 Å². The highest BCUT2D eigenvalue weighted by atomic mass is 35.5. The largest absolute Gasteiger partial charge is 0.329 e. The van der Waals surface area contributed by atoms with E-state index in [9.17, 15) is 4.79 Å². The summed E-state index contributed by atoms with van der Waals surface area (Å²) >= 11 is 6.31. The van der Waals surface area contributed by atoms with E-state index in [4.69, 9.17) is 11.6 Å². The summed E-state index contributed by atoms with van der Waals surface area (Å²) in [5.74, 6) is 0. The Morgan fingerprint density at radius 1 is 1.35 bits per heavy atom. The van der Waals surface area contributed by atoms with Crippen LogP contribution in [0, 0.1) is 6.92 Å². The van der Waals surface area contributed by atoms with Gasteiger partial charge in [-0.1, -0.05) is 38.3 Å². The average Bonchev–Trinajstić information content (AvgIpc) is 2.77. The lowest BCUT2D eigenvalue weighted by Gasteiger charge is -2.18. The number of hydrogen-bond donors (Lipinski definition) is 0. The molecule has 0 saturated heterocycles. The molecule has 0 aromatic carbocycles. The molecule has 0 aliphatic heterocycles. The highest BCUT2D eigenvalue weighted by Crippen LogP contribution is 2.32. The Hall–Kier alpha value is -1.35. The molecule has 2 aromatic heterocycles. The van der Waals surface area contributed by atoms with E-state index in [1.54, 1.807) is 0 Å². The Morgan fingerprint density at radius 2 is 2.00 bits per heavy atom. The topological polar surface area (TPSA) is 34.9 Å². The van der Waals surface area contributed by atoms with Gasteiger partial charge in [-0.15, -0.1) is 0 Å². The van der Waals surface area contributed by atoms with Crippen LogP contribution in [0.4, 0.5) is 0 Å². The van der Waals surface area contributed by atoms with Crippen LogP contribution < -0.4 is 0 Å². The molecule has 0 N–H and O–H groups in total. The lowest BCUT2D eigenvalue weighted by atomic mass is 10.1. The number of halogens is 1. The monoisotopic (exact) mass is 292 g/mol. The van der Waals surface area contributed by atoms with Crippen LogP contribution in [0.5, 0.6) is 0 Å². The number of hydrogen-bond acceptors (Lipinski definition) is 2. The van der Waals surface area contributed by atoms with Crippen LogP contribution in [0.1, 0.15) is 61.6 Å². The Balaban J connectivity index is 2.65. The van der Waals surface area contributed by atoms with Gasteiger partial charge in [0.15, 0.2) is 6.29 Å². The second-order valence-corrected chi connectivity index (χ2v) is 5.69. The number of pyridine rings is 1. The summed E-state index contributed by atoms with van der Waals surface area (Å²) in [6, 6.07) is 2.20. The van der Waals surface area contributed by atoms with Crippen LogP contribution in [-0.4, -0.2) is 15.8 Å². The molecule has 0 spiro atoms. The van der Waals surface area contributed by atoms with Crippen LogP contribution >= 0.6 is 11.6 Å². The van der Waals surface area contributed by atoms with Crippen molar-refractivity contribution >= 4 is 28.9 Å². The summed E-state index contributed by atoms with van der Waals surface area (Å²) in [5.41, 5.74) is 2.35. The molecule has 4 heteroatoms. The van der Waals surface area contributed by atoms with E-state index in [0.717, 1.165) is 48.7 Å². The van der Waals surface area contributed by atoms with Crippen LogP contribution in [0.25, 0.3) is 11.0 Å². The van der Waals surface area contributed by atoms with Gasteiger partial charge >= 0.3 is 0 Å². The quantitative estimate of drug-likeness (QED) is 0.706. The maximum Gasteiger partial charge on any atom is 0.152 e. The van der Waals surface area contributed by atoms with E-state index in [1.807, 2.05) is 19.2 Å². The molecule has 0 bridgehead atoms. The fourth-order valence-corrected chi connectivity index (χ4v) is 3.16. The minimum Gasteiger partial charge on any atom is -0.329 e. The SMILES string of the molecule is CCCC(CCC)n1cc(C=O)c2c(Cl)cc(C)nc21. The van der Waals surface area contributed by atoms with Crippen molar-refractivity contribution in [3.63, 3.8) is 0 Å². The van der Waals surface area contributed by atoms with Crippen molar-refractivity contribution in [2.24, 2.45) is 0 Å². The summed E-state index contributed by atoms with van der Waals surface area (Å²) in [4.78, 5) is 15.9. The first kappa shape index (κ1) is 15.0. The van der Waals surface area contributed by atoms with Crippen molar-refractivity contribution in [2.45, 2.75) is 52.5 Å². The van der Waals surface area contributed by atoms with Gasteiger partial charge in [0.25, 0.3) is 0 Å². The molecule has 2 rings (SSSR count). The third-order valence-electron chi connectivity index (χ3n) is 3.66. The van der Waals surface area contributed by atoms with Gasteiger partial charge < -0.3 is 4.57 Å². The fourth-order valence-electron chi connectivity index (χ4n) is 2.80. The molecule has 3 nitrogen and oxygen atoms in total. The standard InChI is InChI=1S/C16H21ClN2O/c1-4-6-13(7-5-2)19-9-12(10-20)15-14(17)8-11(3)18-16(15)19/h8-10,13H,4-7H2,1-3H3. The number of aldehydes is 1. The molecule has 0 saturated carbocycles. The number of carbonyl (C=O) groups excluding carboxylic acids is 1. The van der Waals surface area contributed by atoms with Crippen molar-refractivity contribution in [1.82, 2.24) is 9.55 Å². The van der Waals surface area contributed by atoms with Gasteiger partial charge in [0, 0.05) is 28.9 Å². The lowest BCUT2D eigenvalue weighted by molar-refractivity contribution is 0.112. The summed E-state index contributed by atoms with van der Waals surface area (Å²) in [5, 5.41) is 1.39. The molecule has 108 valence electrons. The van der Waals surface area contributed by atoms with Crippen LogP contribution in [-0.2, 0) is 0 Å². The first-order chi connectivity index (χ1) is 9.62. The van der Waals surface area contributed by atoms with Gasteiger partial charge in [0.2, 0.25) is 0 Å². The van der Waals surface area contributed by atoms with Gasteiger partial charge in [-0.25, -0.2) is 4.98 Å². The third-order valence-corrected chi connectivity index (χ3v) is 3.95. The molecule has 0 aliphatic rings. The number of carbonyl (C=O) groups is 1. The predicted molar refractivity (Wildman–Crippen MR) is 83.7 cm³/mol. The molecule has 0 unspecified atom stereocenters. The Labute approximate surface area is 125 Å². The lowest BCUT2D eigenvalue weighted by Crippen LogP contribution is -2.08. The molecule has 20 heavy (non-hydrogen) atoms. The number of aromatic nitrogens is 2. The second-order valence-electron chi connectivity index (χ2n) is 5.28. The molecule has 0 amide bonds. The van der Waals surface area contributed by atoms with E-state index < -0.39 is 0 Å². The first-order valence-electron chi connectivity index (χ1n) is 7.25. The number of rotatable bonds is 6. The smallest absolute Gasteiger partial charge is 0.152 e. The minimum absolute atomic E-state index is 0.381. The zero-order valence-corrected chi connectivity index (χ0v) is 13.1. The molecular weight excluding hydrogens is 272 g/mol. The summed E-state index contributed by atoms with van der Waals surface area (Å²) in [6.45, 7) is 6.29. The number of aryl methyl sites for hydroxylation is 1. The summed E-state index contributed by atoms with van der Waals surface area (Å²) in [6.07, 6.45) is 7.18. The van der Waals surface area contributed by atoms with Crippen LogP contribution in [0.15, 0.2) is 12.3 Å². The van der Waals surface area contributed by atoms with E-state index >= 15 is 0 Å². The van der Waals surface area contributed by atoms with Crippen molar-refractivity contribution in [3.8, 4) is 0 Å². The Bertz CT molecular complexity index is 612. The average molecular weight is 293 g/mol. The van der Waals surface area contributed by atoms with Gasteiger partial charge in [-0.3, -0.25) is 4.79 Å². The van der Waals surface area contributed by atoms with E-state index in [-0.39, 0.29) is 0 Å². The van der Waals surface area contributed by atoms with E-state index in [0.29, 0.717) is 16.6 Å². The second kappa shape index (κ2) is 6.40. The van der Waals surface area contributed by atoms with E-state index in [2.05, 4.69) is 23.4 Å². The highest BCUT2D eigenvalue weighted by molar-refractivity contribution is 6.36. The van der Waals surface area contributed by atoms with E-state index in [1.165, 1.54) is 0 Å². The molecule has 0 aliphatic carbocycles. The molecular formula is C16H21ClN2O. The number of nitrogens with zero attached hydrogens (tertiary/aromatic N) is 2. The molecule has 0 fully saturated rings. The van der Waals surface area contributed by atoms with Gasteiger partial charge in [-0.05, 0) is 25.8 Å². The maximum atomic E-state index is 11.3. The Kier molecular flexibility index (Phi) is 4.81. The first-order valence-corrected chi connectivity index (χ1v) is 7.63. The molecule has 2 heterocycles. The van der Waals surface area contributed by atoms with Gasteiger partial charge in [-0.2, -0.15) is 0 Å². The molecule has 2 aromatic rings.